The number of nitrogens with one attached hydrogen (secondary N) is 2. The first kappa shape index (κ1) is 18.7. The van der Waals surface area contributed by atoms with Gasteiger partial charge in [0.05, 0.1) is 18.9 Å². The van der Waals surface area contributed by atoms with Gasteiger partial charge in [-0.05, 0) is 61.2 Å². The fourth-order valence-corrected chi connectivity index (χ4v) is 5.20. The molecule has 1 aliphatic heterocycles. The third-order valence-corrected chi connectivity index (χ3v) is 6.53. The average Bonchev–Trinajstić information content (AvgIpc) is 3.37. The molecular weight excluding hydrogens is 384 g/mol. The Hall–Kier alpha value is -3.35. The van der Waals surface area contributed by atoms with Crippen LogP contribution in [0.3, 0.4) is 0 Å². The minimum absolute atomic E-state index is 0.00142. The van der Waals surface area contributed by atoms with Gasteiger partial charge in [0.25, 0.3) is 5.91 Å². The van der Waals surface area contributed by atoms with Crippen LogP contribution in [0.5, 0.6) is 5.75 Å². The number of esters is 1. The zero-order valence-electron chi connectivity index (χ0n) is 16.5. The van der Waals surface area contributed by atoms with E-state index in [1.165, 1.54) is 0 Å². The van der Waals surface area contributed by atoms with Gasteiger partial charge in [0.15, 0.2) is 0 Å². The summed E-state index contributed by atoms with van der Waals surface area (Å²) in [6.07, 6.45) is 1.65. The van der Waals surface area contributed by atoms with Crippen molar-refractivity contribution in [1.82, 2.24) is 0 Å². The Morgan fingerprint density at radius 1 is 1.03 bits per heavy atom. The molecule has 2 aromatic carbocycles. The van der Waals surface area contributed by atoms with Crippen molar-refractivity contribution < 1.29 is 23.9 Å². The maximum Gasteiger partial charge on any atom is 0.310 e. The fourth-order valence-electron chi connectivity index (χ4n) is 5.20. The number of fused-ring (bicyclic) bond motifs is 1. The van der Waals surface area contributed by atoms with Crippen LogP contribution in [0, 0.1) is 23.7 Å². The van der Waals surface area contributed by atoms with E-state index in [-0.39, 0.29) is 47.6 Å². The second kappa shape index (κ2) is 7.16. The van der Waals surface area contributed by atoms with E-state index in [2.05, 4.69) is 10.6 Å². The molecule has 1 saturated heterocycles. The van der Waals surface area contributed by atoms with Crippen molar-refractivity contribution in [3.8, 4) is 5.75 Å². The number of hydrogen-bond donors (Lipinski definition) is 2. The van der Waals surface area contributed by atoms with Gasteiger partial charge in [-0.3, -0.25) is 14.4 Å². The molecule has 2 aliphatic carbocycles. The normalized spacial score (nSPS) is 28.2. The number of rotatable bonds is 5. The van der Waals surface area contributed by atoms with Gasteiger partial charge in [0, 0.05) is 22.9 Å². The predicted molar refractivity (Wildman–Crippen MR) is 109 cm³/mol. The van der Waals surface area contributed by atoms with Crippen LogP contribution in [0.2, 0.25) is 0 Å². The summed E-state index contributed by atoms with van der Waals surface area (Å²) < 4.78 is 10.5. The van der Waals surface area contributed by atoms with E-state index in [0.717, 1.165) is 12.8 Å². The molecule has 0 unspecified atom stereocenters. The molecule has 0 radical (unpaired) electrons. The summed E-state index contributed by atoms with van der Waals surface area (Å²) >= 11 is 0. The molecular formula is C23H22N2O5. The molecule has 7 nitrogen and oxygen atoms in total. The number of hydrogen-bond acceptors (Lipinski definition) is 5. The van der Waals surface area contributed by atoms with E-state index in [1.54, 1.807) is 55.6 Å². The number of ether oxygens (including phenoxy) is 2. The molecule has 2 saturated carbocycles. The summed E-state index contributed by atoms with van der Waals surface area (Å²) in [6.45, 7) is 0. The Balaban J connectivity index is 1.27. The second-order valence-corrected chi connectivity index (χ2v) is 8.17. The number of carbonyl (C=O) groups excluding carboxylic acids is 3. The average molecular weight is 406 g/mol. The van der Waals surface area contributed by atoms with E-state index in [9.17, 15) is 14.4 Å². The van der Waals surface area contributed by atoms with Gasteiger partial charge in [0.1, 0.15) is 11.9 Å². The van der Waals surface area contributed by atoms with Gasteiger partial charge in [-0.15, -0.1) is 0 Å². The first-order chi connectivity index (χ1) is 14.5. The number of anilines is 2. The van der Waals surface area contributed by atoms with Crippen molar-refractivity contribution in [2.45, 2.75) is 18.9 Å². The van der Waals surface area contributed by atoms with Gasteiger partial charge >= 0.3 is 5.97 Å². The Kier molecular flexibility index (Phi) is 4.46. The van der Waals surface area contributed by atoms with E-state index in [0.29, 0.717) is 22.7 Å². The highest BCUT2D eigenvalue weighted by molar-refractivity contribution is 6.05. The van der Waals surface area contributed by atoms with Crippen LogP contribution in [0.4, 0.5) is 11.4 Å². The van der Waals surface area contributed by atoms with Crippen LogP contribution >= 0.6 is 0 Å². The summed E-state index contributed by atoms with van der Waals surface area (Å²) in [4.78, 5) is 37.7. The van der Waals surface area contributed by atoms with Crippen molar-refractivity contribution in [2.75, 3.05) is 17.7 Å². The Morgan fingerprint density at radius 3 is 2.60 bits per heavy atom. The Morgan fingerprint density at radius 2 is 1.83 bits per heavy atom. The van der Waals surface area contributed by atoms with E-state index < -0.39 is 0 Å². The smallest absolute Gasteiger partial charge is 0.310 e. The lowest BCUT2D eigenvalue weighted by Gasteiger charge is -2.23. The summed E-state index contributed by atoms with van der Waals surface area (Å²) in [5.41, 5.74) is 1.61. The van der Waals surface area contributed by atoms with Crippen molar-refractivity contribution in [1.29, 1.82) is 0 Å². The quantitative estimate of drug-likeness (QED) is 0.745. The first-order valence-corrected chi connectivity index (χ1v) is 10.1. The number of carbonyl (C=O) groups is 3. The van der Waals surface area contributed by atoms with Gasteiger partial charge < -0.3 is 20.1 Å². The van der Waals surface area contributed by atoms with Crippen LogP contribution in [0.15, 0.2) is 48.5 Å². The molecule has 3 fully saturated rings. The topological polar surface area (TPSA) is 93.7 Å². The highest BCUT2D eigenvalue weighted by atomic mass is 16.6. The van der Waals surface area contributed by atoms with Crippen LogP contribution in [0.1, 0.15) is 23.2 Å². The molecule has 5 atom stereocenters. The lowest BCUT2D eigenvalue weighted by atomic mass is 9.79. The lowest BCUT2D eigenvalue weighted by molar-refractivity contribution is -0.145. The molecule has 1 heterocycles. The molecule has 2 bridgehead atoms. The van der Waals surface area contributed by atoms with E-state index in [1.807, 2.05) is 0 Å². The summed E-state index contributed by atoms with van der Waals surface area (Å²) in [6, 6.07) is 13.8. The SMILES string of the molecule is COc1ccc(NC(=O)c2cccc(NC(=O)[C@H]3[C@@H]4C[C@@H]5[C@@H]3C(=O)O[C@@H]5C4)c2)cc1. The highest BCUT2D eigenvalue weighted by Crippen LogP contribution is 2.57. The molecule has 0 aromatic heterocycles. The van der Waals surface area contributed by atoms with E-state index >= 15 is 0 Å². The van der Waals surface area contributed by atoms with Gasteiger partial charge in [-0.25, -0.2) is 0 Å². The minimum Gasteiger partial charge on any atom is -0.497 e. The summed E-state index contributed by atoms with van der Waals surface area (Å²) in [5, 5.41) is 5.73. The van der Waals surface area contributed by atoms with E-state index in [4.69, 9.17) is 9.47 Å². The molecule has 2 N–H and O–H groups in total. The number of benzene rings is 2. The molecule has 2 aromatic rings. The third-order valence-electron chi connectivity index (χ3n) is 6.53. The Labute approximate surface area is 173 Å². The fraction of sp³-hybridized carbons (Fsp3) is 0.348. The monoisotopic (exact) mass is 406 g/mol. The van der Waals surface area contributed by atoms with Gasteiger partial charge in [-0.2, -0.15) is 0 Å². The van der Waals surface area contributed by atoms with Crippen molar-refractivity contribution >= 4 is 29.2 Å². The Bertz CT molecular complexity index is 1020. The van der Waals surface area contributed by atoms with Crippen LogP contribution < -0.4 is 15.4 Å². The summed E-state index contributed by atoms with van der Waals surface area (Å²) in [7, 11) is 1.58. The zero-order valence-corrected chi connectivity index (χ0v) is 16.5. The molecule has 30 heavy (non-hydrogen) atoms. The van der Waals surface area contributed by atoms with Crippen molar-refractivity contribution in [3.05, 3.63) is 54.1 Å². The number of amides is 2. The van der Waals surface area contributed by atoms with Crippen molar-refractivity contribution in [2.24, 2.45) is 23.7 Å². The van der Waals surface area contributed by atoms with Crippen LogP contribution in [0.25, 0.3) is 0 Å². The van der Waals surface area contributed by atoms with Crippen molar-refractivity contribution in [3.63, 3.8) is 0 Å². The molecule has 154 valence electrons. The van der Waals surface area contributed by atoms with Crippen LogP contribution in [-0.2, 0) is 14.3 Å². The van der Waals surface area contributed by atoms with Crippen LogP contribution in [-0.4, -0.2) is 31.0 Å². The standard InChI is InChI=1S/C23H22N2O5/c1-29-16-7-5-14(6-8-16)24-21(26)12-3-2-4-15(9-12)25-22(27)19-13-10-17-18(11-13)30-23(28)20(17)19/h2-9,13,17-20H,10-11H2,1H3,(H,24,26)(H,25,27)/t13-,17+,18-,19+,20+/m1/s1. The second-order valence-electron chi connectivity index (χ2n) is 8.17. The first-order valence-electron chi connectivity index (χ1n) is 10.1. The summed E-state index contributed by atoms with van der Waals surface area (Å²) in [5.74, 6) is -0.282. The largest absolute Gasteiger partial charge is 0.497 e. The van der Waals surface area contributed by atoms with Gasteiger partial charge in [0.2, 0.25) is 5.91 Å². The molecule has 2 amide bonds. The lowest BCUT2D eigenvalue weighted by Crippen LogP contribution is -2.35. The zero-order chi connectivity index (χ0) is 20.8. The minimum atomic E-state index is -0.349. The predicted octanol–water partition coefficient (Wildman–Crippen LogP) is 3.08. The number of methoxy groups -OCH3 is 1. The maximum atomic E-state index is 12.9. The third kappa shape index (κ3) is 3.10. The van der Waals surface area contributed by atoms with Gasteiger partial charge in [-0.1, -0.05) is 6.07 Å². The molecule has 3 aliphatic rings. The molecule has 0 spiro atoms. The molecule has 7 heteroatoms. The highest BCUT2D eigenvalue weighted by Gasteiger charge is 2.63. The molecule has 5 rings (SSSR count). The maximum absolute atomic E-state index is 12.9.